The third-order valence-corrected chi connectivity index (χ3v) is 5.14. The maximum absolute atomic E-state index is 9.00. The molecule has 0 aromatic heterocycles. The maximum Gasteiger partial charge on any atom is 0.127 e. The van der Waals surface area contributed by atoms with E-state index in [-0.39, 0.29) is 6.61 Å². The highest BCUT2D eigenvalue weighted by Crippen LogP contribution is 2.32. The molecule has 4 nitrogen and oxygen atoms in total. The van der Waals surface area contributed by atoms with Gasteiger partial charge in [0, 0.05) is 18.7 Å². The number of methoxy groups -OCH3 is 2. The van der Waals surface area contributed by atoms with Gasteiger partial charge in [-0.3, -0.25) is 0 Å². The smallest absolute Gasteiger partial charge is 0.127 e. The third-order valence-electron chi connectivity index (χ3n) is 5.14. The van der Waals surface area contributed by atoms with Gasteiger partial charge in [-0.1, -0.05) is 60.7 Å². The Morgan fingerprint density at radius 2 is 1.60 bits per heavy atom. The van der Waals surface area contributed by atoms with Crippen LogP contribution in [-0.4, -0.2) is 32.5 Å². The van der Waals surface area contributed by atoms with E-state index in [9.17, 15) is 0 Å². The van der Waals surface area contributed by atoms with E-state index in [0.717, 1.165) is 22.6 Å². The Hall–Kier alpha value is -3.08. The van der Waals surface area contributed by atoms with Crippen molar-refractivity contribution < 1.29 is 14.6 Å². The van der Waals surface area contributed by atoms with Crippen molar-refractivity contribution in [3.05, 3.63) is 82.9 Å². The van der Waals surface area contributed by atoms with Gasteiger partial charge in [0.05, 0.1) is 20.8 Å². The second-order valence-electron chi connectivity index (χ2n) is 7.02. The number of nitrogens with one attached hydrogen (secondary N) is 1. The summed E-state index contributed by atoms with van der Waals surface area (Å²) in [5.74, 6) is 1.52. The molecule has 0 amide bonds. The first-order valence-corrected chi connectivity index (χ1v) is 10.1. The molecule has 30 heavy (non-hydrogen) atoms. The molecule has 0 radical (unpaired) electrons. The summed E-state index contributed by atoms with van der Waals surface area (Å²) >= 11 is 0. The van der Waals surface area contributed by atoms with E-state index in [1.807, 2.05) is 18.2 Å². The Morgan fingerprint density at radius 1 is 0.900 bits per heavy atom. The minimum atomic E-state index is 0.0901. The van der Waals surface area contributed by atoms with Gasteiger partial charge >= 0.3 is 0 Å². The molecule has 0 saturated heterocycles. The van der Waals surface area contributed by atoms with Gasteiger partial charge in [0.25, 0.3) is 0 Å². The van der Waals surface area contributed by atoms with Gasteiger partial charge in [0.2, 0.25) is 0 Å². The van der Waals surface area contributed by atoms with Gasteiger partial charge in [0.1, 0.15) is 11.5 Å². The molecule has 0 aliphatic rings. The zero-order valence-electron chi connectivity index (χ0n) is 17.8. The van der Waals surface area contributed by atoms with Crippen molar-refractivity contribution >= 4 is 12.2 Å². The van der Waals surface area contributed by atoms with Crippen LogP contribution in [0.25, 0.3) is 23.3 Å². The van der Waals surface area contributed by atoms with Crippen molar-refractivity contribution in [2.45, 2.75) is 13.5 Å². The highest BCUT2D eigenvalue weighted by atomic mass is 16.5. The third kappa shape index (κ3) is 5.09. The number of aliphatic hydroxyl groups excluding tert-OH is 1. The highest BCUT2D eigenvalue weighted by molar-refractivity contribution is 5.78. The lowest BCUT2D eigenvalue weighted by atomic mass is 9.96. The predicted molar refractivity (Wildman–Crippen MR) is 124 cm³/mol. The number of benzene rings is 3. The largest absolute Gasteiger partial charge is 0.496 e. The van der Waals surface area contributed by atoms with E-state index in [2.05, 4.69) is 66.9 Å². The van der Waals surface area contributed by atoms with Gasteiger partial charge in [0.15, 0.2) is 0 Å². The normalized spacial score (nSPS) is 11.1. The van der Waals surface area contributed by atoms with Gasteiger partial charge in [-0.25, -0.2) is 0 Å². The van der Waals surface area contributed by atoms with Crippen LogP contribution in [0.2, 0.25) is 0 Å². The summed E-state index contributed by atoms with van der Waals surface area (Å²) in [5, 5.41) is 12.2. The van der Waals surface area contributed by atoms with Gasteiger partial charge in [-0.15, -0.1) is 0 Å². The second-order valence-corrected chi connectivity index (χ2v) is 7.02. The van der Waals surface area contributed by atoms with Crippen molar-refractivity contribution in [3.63, 3.8) is 0 Å². The van der Waals surface area contributed by atoms with Gasteiger partial charge in [-0.2, -0.15) is 0 Å². The molecule has 0 saturated carbocycles. The molecular weight excluding hydrogens is 374 g/mol. The molecule has 3 aromatic rings. The lowest BCUT2D eigenvalue weighted by molar-refractivity contribution is 0.290. The molecule has 156 valence electrons. The van der Waals surface area contributed by atoms with E-state index >= 15 is 0 Å². The van der Waals surface area contributed by atoms with Crippen LogP contribution < -0.4 is 14.8 Å². The number of hydrogen-bond donors (Lipinski definition) is 2. The zero-order chi connectivity index (χ0) is 21.3. The molecule has 0 heterocycles. The van der Waals surface area contributed by atoms with Crippen LogP contribution in [0.4, 0.5) is 0 Å². The molecule has 0 spiro atoms. The van der Waals surface area contributed by atoms with Crippen LogP contribution in [0.15, 0.2) is 60.7 Å². The van der Waals surface area contributed by atoms with Crippen LogP contribution in [-0.2, 0) is 6.54 Å². The monoisotopic (exact) mass is 403 g/mol. The summed E-state index contributed by atoms with van der Waals surface area (Å²) in [4.78, 5) is 0. The fraction of sp³-hybridized carbons (Fsp3) is 0.231. The Morgan fingerprint density at radius 3 is 2.23 bits per heavy atom. The summed E-state index contributed by atoms with van der Waals surface area (Å²) in [6, 6.07) is 20.8. The van der Waals surface area contributed by atoms with E-state index in [0.29, 0.717) is 13.1 Å². The van der Waals surface area contributed by atoms with E-state index in [1.54, 1.807) is 14.2 Å². The van der Waals surface area contributed by atoms with Crippen molar-refractivity contribution in [3.8, 4) is 22.6 Å². The van der Waals surface area contributed by atoms with Gasteiger partial charge in [-0.05, 0) is 46.9 Å². The van der Waals surface area contributed by atoms with Crippen molar-refractivity contribution in [1.82, 2.24) is 5.32 Å². The second kappa shape index (κ2) is 10.6. The molecule has 0 aliphatic heterocycles. The zero-order valence-corrected chi connectivity index (χ0v) is 17.8. The number of aliphatic hydroxyl groups is 1. The maximum atomic E-state index is 9.00. The molecule has 0 atom stereocenters. The molecule has 2 N–H and O–H groups in total. The summed E-state index contributed by atoms with van der Waals surface area (Å²) < 4.78 is 11.2. The SMILES string of the molecule is COc1cc(/C=C/c2cccc(-c3ccccc3)c2C)cc(OC)c1CNCCO. The van der Waals surface area contributed by atoms with Crippen LogP contribution >= 0.6 is 0 Å². The molecule has 0 unspecified atom stereocenters. The first-order valence-electron chi connectivity index (χ1n) is 10.1. The van der Waals surface area contributed by atoms with E-state index in [1.165, 1.54) is 22.3 Å². The lowest BCUT2D eigenvalue weighted by Gasteiger charge is -2.15. The average molecular weight is 404 g/mol. The van der Waals surface area contributed by atoms with E-state index in [4.69, 9.17) is 14.6 Å². The van der Waals surface area contributed by atoms with Crippen molar-refractivity contribution in [1.29, 1.82) is 0 Å². The Bertz CT molecular complexity index is 971. The van der Waals surface area contributed by atoms with Crippen LogP contribution in [0, 0.1) is 6.92 Å². The number of ether oxygens (including phenoxy) is 2. The molecule has 4 heteroatoms. The number of hydrogen-bond acceptors (Lipinski definition) is 4. The van der Waals surface area contributed by atoms with Crippen LogP contribution in [0.5, 0.6) is 11.5 Å². The van der Waals surface area contributed by atoms with Crippen LogP contribution in [0.1, 0.15) is 22.3 Å². The predicted octanol–water partition coefficient (Wildman–Crippen LogP) is 4.93. The topological polar surface area (TPSA) is 50.7 Å². The number of rotatable bonds is 9. The Kier molecular flexibility index (Phi) is 7.66. The molecule has 0 fully saturated rings. The minimum Gasteiger partial charge on any atom is -0.496 e. The first-order chi connectivity index (χ1) is 14.7. The van der Waals surface area contributed by atoms with Gasteiger partial charge < -0.3 is 19.9 Å². The van der Waals surface area contributed by atoms with Crippen LogP contribution in [0.3, 0.4) is 0 Å². The quantitative estimate of drug-likeness (QED) is 0.393. The average Bonchev–Trinajstić information content (AvgIpc) is 2.79. The molecule has 3 aromatic carbocycles. The minimum absolute atomic E-state index is 0.0901. The standard InChI is InChI=1S/C26H29NO3/c1-19-21(10-7-11-23(19)22-8-5-4-6-9-22)13-12-20-16-25(29-2)24(18-27-14-15-28)26(17-20)30-3/h4-13,16-17,27-28H,14-15,18H2,1-3H3/b13-12+. The summed E-state index contributed by atoms with van der Waals surface area (Å²) in [7, 11) is 3.32. The molecule has 3 rings (SSSR count). The summed E-state index contributed by atoms with van der Waals surface area (Å²) in [6.45, 7) is 3.33. The molecular formula is C26H29NO3. The fourth-order valence-corrected chi connectivity index (χ4v) is 3.52. The highest BCUT2D eigenvalue weighted by Gasteiger charge is 2.12. The van der Waals surface area contributed by atoms with Crippen molar-refractivity contribution in [2.75, 3.05) is 27.4 Å². The summed E-state index contributed by atoms with van der Waals surface area (Å²) in [5.41, 5.74) is 6.80. The molecule has 0 bridgehead atoms. The fourth-order valence-electron chi connectivity index (χ4n) is 3.52. The first kappa shape index (κ1) is 21.6. The van der Waals surface area contributed by atoms with E-state index < -0.39 is 0 Å². The summed E-state index contributed by atoms with van der Waals surface area (Å²) in [6.07, 6.45) is 4.20. The molecule has 0 aliphatic carbocycles. The Balaban J connectivity index is 1.91. The lowest BCUT2D eigenvalue weighted by Crippen LogP contribution is -2.18. The van der Waals surface area contributed by atoms with Crippen molar-refractivity contribution in [2.24, 2.45) is 0 Å². The Labute approximate surface area is 178 Å².